The first-order chi connectivity index (χ1) is 8.81. The lowest BCUT2D eigenvalue weighted by molar-refractivity contribution is 0.0947. The molecule has 0 spiro atoms. The van der Waals surface area contributed by atoms with Gasteiger partial charge in [0, 0.05) is 13.2 Å². The summed E-state index contributed by atoms with van der Waals surface area (Å²) < 4.78 is 11.1. The quantitative estimate of drug-likeness (QED) is 0.615. The molecule has 0 aliphatic carbocycles. The molecular formula is C16H26O2. The average Bonchev–Trinajstić information content (AvgIpc) is 2.43. The van der Waals surface area contributed by atoms with Crippen LogP contribution in [0, 0.1) is 5.92 Å². The van der Waals surface area contributed by atoms with Gasteiger partial charge < -0.3 is 9.47 Å². The second kappa shape index (κ2) is 8.98. The second-order valence-electron chi connectivity index (χ2n) is 4.67. The summed E-state index contributed by atoms with van der Waals surface area (Å²) in [6.07, 6.45) is 4.50. The van der Waals surface area contributed by atoms with E-state index in [0.717, 1.165) is 37.7 Å². The standard InChI is InChI=1S/C16H26O2/c1-4-14(5-2)13-18-12-8-10-15-9-6-7-11-16(15)17-3/h6-7,9,11,14H,4-5,8,10,12-13H2,1-3H3. The van der Waals surface area contributed by atoms with Gasteiger partial charge in [0.2, 0.25) is 0 Å². The van der Waals surface area contributed by atoms with Crippen molar-refractivity contribution in [2.45, 2.75) is 39.5 Å². The highest BCUT2D eigenvalue weighted by atomic mass is 16.5. The van der Waals surface area contributed by atoms with E-state index >= 15 is 0 Å². The largest absolute Gasteiger partial charge is 0.496 e. The van der Waals surface area contributed by atoms with Crippen molar-refractivity contribution in [3.8, 4) is 5.75 Å². The van der Waals surface area contributed by atoms with Gasteiger partial charge in [-0.1, -0.05) is 44.9 Å². The van der Waals surface area contributed by atoms with Crippen molar-refractivity contribution in [3.05, 3.63) is 29.8 Å². The molecule has 1 rings (SSSR count). The summed E-state index contributed by atoms with van der Waals surface area (Å²) in [5.74, 6) is 1.70. The molecule has 0 fully saturated rings. The topological polar surface area (TPSA) is 18.5 Å². The van der Waals surface area contributed by atoms with Gasteiger partial charge in [0.1, 0.15) is 5.75 Å². The zero-order valence-electron chi connectivity index (χ0n) is 11.9. The average molecular weight is 250 g/mol. The lowest BCUT2D eigenvalue weighted by atomic mass is 10.1. The molecule has 2 heteroatoms. The summed E-state index contributed by atoms with van der Waals surface area (Å²) in [4.78, 5) is 0. The van der Waals surface area contributed by atoms with E-state index in [-0.39, 0.29) is 0 Å². The van der Waals surface area contributed by atoms with Gasteiger partial charge in [0.05, 0.1) is 7.11 Å². The molecule has 0 amide bonds. The minimum absolute atomic E-state index is 0.719. The van der Waals surface area contributed by atoms with Crippen LogP contribution in [0.3, 0.4) is 0 Å². The van der Waals surface area contributed by atoms with E-state index < -0.39 is 0 Å². The molecule has 102 valence electrons. The molecule has 0 saturated heterocycles. The number of ether oxygens (including phenoxy) is 2. The third-order valence-corrected chi connectivity index (χ3v) is 3.44. The Morgan fingerprint density at radius 1 is 1.11 bits per heavy atom. The van der Waals surface area contributed by atoms with Gasteiger partial charge in [-0.15, -0.1) is 0 Å². The Hall–Kier alpha value is -1.02. The van der Waals surface area contributed by atoms with Crippen molar-refractivity contribution in [2.75, 3.05) is 20.3 Å². The predicted octanol–water partition coefficient (Wildman–Crippen LogP) is 4.08. The van der Waals surface area contributed by atoms with E-state index in [1.807, 2.05) is 12.1 Å². The van der Waals surface area contributed by atoms with Crippen LogP contribution in [-0.2, 0) is 11.2 Å². The highest BCUT2D eigenvalue weighted by Crippen LogP contribution is 2.18. The predicted molar refractivity (Wildman–Crippen MR) is 76.2 cm³/mol. The number of aryl methyl sites for hydroxylation is 1. The molecule has 0 saturated carbocycles. The van der Waals surface area contributed by atoms with E-state index in [2.05, 4.69) is 26.0 Å². The van der Waals surface area contributed by atoms with Gasteiger partial charge in [0.15, 0.2) is 0 Å². The van der Waals surface area contributed by atoms with E-state index in [0.29, 0.717) is 0 Å². The maximum absolute atomic E-state index is 5.73. The Kier molecular flexibility index (Phi) is 7.51. The molecule has 0 N–H and O–H groups in total. The molecule has 0 atom stereocenters. The van der Waals surface area contributed by atoms with E-state index in [1.165, 1.54) is 18.4 Å². The van der Waals surface area contributed by atoms with Crippen molar-refractivity contribution in [3.63, 3.8) is 0 Å². The van der Waals surface area contributed by atoms with Gasteiger partial charge in [-0.3, -0.25) is 0 Å². The molecule has 18 heavy (non-hydrogen) atoms. The third-order valence-electron chi connectivity index (χ3n) is 3.44. The Morgan fingerprint density at radius 3 is 2.50 bits per heavy atom. The van der Waals surface area contributed by atoms with Crippen LogP contribution in [0.4, 0.5) is 0 Å². The SMILES string of the molecule is CCC(CC)COCCCc1ccccc1OC. The molecular weight excluding hydrogens is 224 g/mol. The van der Waals surface area contributed by atoms with Crippen LogP contribution in [0.1, 0.15) is 38.7 Å². The Balaban J connectivity index is 2.21. The summed E-state index contributed by atoms with van der Waals surface area (Å²) in [7, 11) is 1.72. The molecule has 1 aromatic rings. The van der Waals surface area contributed by atoms with Crippen LogP contribution >= 0.6 is 0 Å². The summed E-state index contributed by atoms with van der Waals surface area (Å²) in [6.45, 7) is 6.20. The fraction of sp³-hybridized carbons (Fsp3) is 0.625. The van der Waals surface area contributed by atoms with E-state index in [1.54, 1.807) is 7.11 Å². The summed E-state index contributed by atoms with van der Waals surface area (Å²) in [5, 5.41) is 0. The van der Waals surface area contributed by atoms with Crippen LogP contribution in [0.5, 0.6) is 5.75 Å². The highest BCUT2D eigenvalue weighted by Gasteiger charge is 2.04. The Bertz CT molecular complexity index is 319. The first kappa shape index (κ1) is 15.0. The molecule has 2 nitrogen and oxygen atoms in total. The van der Waals surface area contributed by atoms with Gasteiger partial charge in [0.25, 0.3) is 0 Å². The zero-order chi connectivity index (χ0) is 13.2. The maximum Gasteiger partial charge on any atom is 0.122 e. The Labute approximate surface area is 111 Å². The van der Waals surface area contributed by atoms with Gasteiger partial charge >= 0.3 is 0 Å². The molecule has 0 bridgehead atoms. The van der Waals surface area contributed by atoms with Gasteiger partial charge in [-0.2, -0.15) is 0 Å². The number of benzene rings is 1. The summed E-state index contributed by atoms with van der Waals surface area (Å²) in [6, 6.07) is 8.20. The molecule has 0 radical (unpaired) electrons. The molecule has 0 aliphatic heterocycles. The fourth-order valence-corrected chi connectivity index (χ4v) is 2.05. The van der Waals surface area contributed by atoms with Crippen LogP contribution < -0.4 is 4.74 Å². The molecule has 0 unspecified atom stereocenters. The number of hydrogen-bond acceptors (Lipinski definition) is 2. The summed E-state index contributed by atoms with van der Waals surface area (Å²) >= 11 is 0. The van der Waals surface area contributed by atoms with Crippen LogP contribution in [0.2, 0.25) is 0 Å². The van der Waals surface area contributed by atoms with Gasteiger partial charge in [-0.25, -0.2) is 0 Å². The molecule has 0 aromatic heterocycles. The zero-order valence-corrected chi connectivity index (χ0v) is 11.9. The maximum atomic E-state index is 5.73. The number of methoxy groups -OCH3 is 1. The third kappa shape index (κ3) is 5.09. The van der Waals surface area contributed by atoms with Crippen LogP contribution in [-0.4, -0.2) is 20.3 Å². The lowest BCUT2D eigenvalue weighted by Crippen LogP contribution is -2.09. The van der Waals surface area contributed by atoms with Gasteiger partial charge in [-0.05, 0) is 30.4 Å². The van der Waals surface area contributed by atoms with Crippen LogP contribution in [0.25, 0.3) is 0 Å². The fourth-order valence-electron chi connectivity index (χ4n) is 2.05. The first-order valence-corrected chi connectivity index (χ1v) is 7.01. The van der Waals surface area contributed by atoms with E-state index in [4.69, 9.17) is 9.47 Å². The van der Waals surface area contributed by atoms with Crippen LogP contribution in [0.15, 0.2) is 24.3 Å². The molecule has 0 aliphatic rings. The monoisotopic (exact) mass is 250 g/mol. The van der Waals surface area contributed by atoms with Crippen molar-refractivity contribution >= 4 is 0 Å². The first-order valence-electron chi connectivity index (χ1n) is 7.01. The van der Waals surface area contributed by atoms with E-state index in [9.17, 15) is 0 Å². The number of rotatable bonds is 9. The molecule has 1 aromatic carbocycles. The van der Waals surface area contributed by atoms with Crippen molar-refractivity contribution in [1.29, 1.82) is 0 Å². The second-order valence-corrected chi connectivity index (χ2v) is 4.67. The Morgan fingerprint density at radius 2 is 1.83 bits per heavy atom. The van der Waals surface area contributed by atoms with Crippen molar-refractivity contribution in [1.82, 2.24) is 0 Å². The number of para-hydroxylation sites is 1. The smallest absolute Gasteiger partial charge is 0.122 e. The normalized spacial score (nSPS) is 10.9. The number of hydrogen-bond donors (Lipinski definition) is 0. The summed E-state index contributed by atoms with van der Waals surface area (Å²) in [5.41, 5.74) is 1.27. The minimum atomic E-state index is 0.719. The lowest BCUT2D eigenvalue weighted by Gasteiger charge is -2.13. The van der Waals surface area contributed by atoms with Crippen molar-refractivity contribution in [2.24, 2.45) is 5.92 Å². The minimum Gasteiger partial charge on any atom is -0.496 e. The van der Waals surface area contributed by atoms with Crippen molar-refractivity contribution < 1.29 is 9.47 Å². The molecule has 0 heterocycles. The highest BCUT2D eigenvalue weighted by molar-refractivity contribution is 5.33.